The molecule has 1 nitrogen and oxygen atoms in total. The standard InChI is InChI=1S/C20H34N/c1-3-5-12-19(4-2)17-21(15-10-7-11-16-21)18-20-13-8-6-9-14-20/h6,8-9,13-14,19H,3-5,7,10-12,15-18H2,1-2H3/q+1. The van der Waals surface area contributed by atoms with Crippen molar-refractivity contribution in [3.8, 4) is 0 Å². The van der Waals surface area contributed by atoms with Crippen molar-refractivity contribution in [2.24, 2.45) is 5.92 Å². The highest BCUT2D eigenvalue weighted by molar-refractivity contribution is 5.13. The van der Waals surface area contributed by atoms with Crippen LogP contribution in [-0.4, -0.2) is 24.1 Å². The Bertz CT molecular complexity index is 378. The molecule has 2 rings (SSSR count). The molecule has 1 heterocycles. The summed E-state index contributed by atoms with van der Waals surface area (Å²) in [6.07, 6.45) is 9.84. The fourth-order valence-electron chi connectivity index (χ4n) is 4.02. The Morgan fingerprint density at radius 1 is 1.00 bits per heavy atom. The molecule has 1 atom stereocenters. The van der Waals surface area contributed by atoms with E-state index in [0.717, 1.165) is 5.92 Å². The zero-order valence-electron chi connectivity index (χ0n) is 14.2. The predicted octanol–water partition coefficient (Wildman–Crippen LogP) is 5.40. The van der Waals surface area contributed by atoms with Gasteiger partial charge in [0.1, 0.15) is 6.54 Å². The summed E-state index contributed by atoms with van der Waals surface area (Å²) < 4.78 is 1.35. The molecule has 0 radical (unpaired) electrons. The highest BCUT2D eigenvalue weighted by Gasteiger charge is 2.32. The van der Waals surface area contributed by atoms with Crippen LogP contribution in [0, 0.1) is 5.92 Å². The van der Waals surface area contributed by atoms with E-state index in [2.05, 4.69) is 44.2 Å². The highest BCUT2D eigenvalue weighted by Crippen LogP contribution is 2.27. The van der Waals surface area contributed by atoms with Crippen molar-refractivity contribution in [2.45, 2.75) is 65.3 Å². The summed E-state index contributed by atoms with van der Waals surface area (Å²) in [7, 11) is 0. The number of hydrogen-bond donors (Lipinski definition) is 0. The molecule has 0 aromatic heterocycles. The van der Waals surface area contributed by atoms with Crippen molar-refractivity contribution in [1.82, 2.24) is 0 Å². The van der Waals surface area contributed by atoms with Gasteiger partial charge < -0.3 is 4.48 Å². The summed E-state index contributed by atoms with van der Waals surface area (Å²) in [6.45, 7) is 10.2. The summed E-state index contributed by atoms with van der Waals surface area (Å²) in [4.78, 5) is 0. The SMILES string of the molecule is CCCCC(CC)C[N+]1(Cc2ccccc2)CCCCC1. The maximum atomic E-state index is 2.39. The van der Waals surface area contributed by atoms with E-state index in [1.165, 1.54) is 81.2 Å². The number of quaternary nitrogens is 1. The van der Waals surface area contributed by atoms with Crippen LogP contribution in [0.15, 0.2) is 30.3 Å². The maximum Gasteiger partial charge on any atom is 0.104 e. The first-order chi connectivity index (χ1) is 10.3. The van der Waals surface area contributed by atoms with Crippen molar-refractivity contribution in [2.75, 3.05) is 19.6 Å². The van der Waals surface area contributed by atoms with Gasteiger partial charge in [-0.25, -0.2) is 0 Å². The molecule has 1 aromatic carbocycles. The van der Waals surface area contributed by atoms with Gasteiger partial charge >= 0.3 is 0 Å². The lowest BCUT2D eigenvalue weighted by Gasteiger charge is -2.44. The van der Waals surface area contributed by atoms with E-state index in [4.69, 9.17) is 0 Å². The second kappa shape index (κ2) is 8.58. The molecule has 1 saturated heterocycles. The summed E-state index contributed by atoms with van der Waals surface area (Å²) in [5, 5.41) is 0. The number of likely N-dealkylation sites (tertiary alicyclic amines) is 1. The summed E-state index contributed by atoms with van der Waals surface area (Å²) >= 11 is 0. The van der Waals surface area contributed by atoms with Crippen LogP contribution in [0.25, 0.3) is 0 Å². The van der Waals surface area contributed by atoms with Gasteiger partial charge in [0, 0.05) is 11.5 Å². The number of benzene rings is 1. The quantitative estimate of drug-likeness (QED) is 0.562. The van der Waals surface area contributed by atoms with Crippen molar-refractivity contribution in [3.05, 3.63) is 35.9 Å². The largest absolute Gasteiger partial charge is 0.320 e. The third kappa shape index (κ3) is 5.14. The van der Waals surface area contributed by atoms with Crippen LogP contribution in [-0.2, 0) is 6.54 Å². The molecule has 0 amide bonds. The lowest BCUT2D eigenvalue weighted by Crippen LogP contribution is -2.53. The van der Waals surface area contributed by atoms with E-state index >= 15 is 0 Å². The van der Waals surface area contributed by atoms with Crippen LogP contribution >= 0.6 is 0 Å². The van der Waals surface area contributed by atoms with E-state index in [-0.39, 0.29) is 0 Å². The van der Waals surface area contributed by atoms with Gasteiger partial charge in [-0.1, -0.05) is 57.0 Å². The molecule has 1 fully saturated rings. The minimum absolute atomic E-state index is 0.923. The lowest BCUT2D eigenvalue weighted by molar-refractivity contribution is -0.948. The molecule has 1 aliphatic heterocycles. The lowest BCUT2D eigenvalue weighted by atomic mass is 9.95. The van der Waals surface area contributed by atoms with Gasteiger partial charge in [-0.2, -0.15) is 0 Å². The topological polar surface area (TPSA) is 0 Å². The molecule has 0 saturated carbocycles. The Kier molecular flexibility index (Phi) is 6.76. The zero-order chi connectivity index (χ0) is 15.0. The van der Waals surface area contributed by atoms with Gasteiger partial charge in [0.05, 0.1) is 19.6 Å². The van der Waals surface area contributed by atoms with Crippen molar-refractivity contribution in [1.29, 1.82) is 0 Å². The first-order valence-electron chi connectivity index (χ1n) is 9.17. The molecule has 21 heavy (non-hydrogen) atoms. The van der Waals surface area contributed by atoms with Crippen molar-refractivity contribution < 1.29 is 4.48 Å². The second-order valence-electron chi connectivity index (χ2n) is 7.09. The summed E-state index contributed by atoms with van der Waals surface area (Å²) in [6, 6.07) is 11.2. The minimum Gasteiger partial charge on any atom is -0.320 e. The smallest absolute Gasteiger partial charge is 0.104 e. The molecule has 1 aliphatic rings. The summed E-state index contributed by atoms with van der Waals surface area (Å²) in [5.74, 6) is 0.923. The Balaban J connectivity index is 2.05. The van der Waals surface area contributed by atoms with Crippen molar-refractivity contribution >= 4 is 0 Å². The Labute approximate surface area is 132 Å². The third-order valence-corrected chi connectivity index (χ3v) is 5.31. The van der Waals surface area contributed by atoms with Gasteiger partial charge in [0.25, 0.3) is 0 Å². The maximum absolute atomic E-state index is 2.39. The molecule has 118 valence electrons. The number of piperidine rings is 1. The van der Waals surface area contributed by atoms with E-state index in [1.807, 2.05) is 0 Å². The molecule has 1 aromatic rings. The zero-order valence-corrected chi connectivity index (χ0v) is 14.2. The number of unbranched alkanes of at least 4 members (excludes halogenated alkanes) is 1. The van der Waals surface area contributed by atoms with E-state index in [9.17, 15) is 0 Å². The van der Waals surface area contributed by atoms with Gasteiger partial charge in [0.15, 0.2) is 0 Å². The van der Waals surface area contributed by atoms with Crippen LogP contribution in [0.4, 0.5) is 0 Å². The van der Waals surface area contributed by atoms with Gasteiger partial charge in [0.2, 0.25) is 0 Å². The van der Waals surface area contributed by atoms with Crippen LogP contribution < -0.4 is 0 Å². The second-order valence-corrected chi connectivity index (χ2v) is 7.09. The van der Waals surface area contributed by atoms with Crippen LogP contribution in [0.1, 0.15) is 64.4 Å². The van der Waals surface area contributed by atoms with E-state index < -0.39 is 0 Å². The molecule has 0 N–H and O–H groups in total. The van der Waals surface area contributed by atoms with Crippen LogP contribution in [0.2, 0.25) is 0 Å². The summed E-state index contributed by atoms with van der Waals surface area (Å²) in [5.41, 5.74) is 1.53. The Morgan fingerprint density at radius 2 is 1.71 bits per heavy atom. The molecule has 0 bridgehead atoms. The molecular weight excluding hydrogens is 254 g/mol. The van der Waals surface area contributed by atoms with Gasteiger partial charge in [-0.15, -0.1) is 0 Å². The fourth-order valence-corrected chi connectivity index (χ4v) is 4.02. The average Bonchev–Trinajstić information content (AvgIpc) is 2.53. The molecule has 0 aliphatic carbocycles. The van der Waals surface area contributed by atoms with Gasteiger partial charge in [-0.3, -0.25) is 0 Å². The normalized spacial score (nSPS) is 19.3. The number of rotatable bonds is 8. The van der Waals surface area contributed by atoms with E-state index in [1.54, 1.807) is 0 Å². The highest BCUT2D eigenvalue weighted by atomic mass is 15.4. The van der Waals surface area contributed by atoms with Gasteiger partial charge in [-0.05, 0) is 32.1 Å². The molecule has 1 unspecified atom stereocenters. The number of nitrogens with zero attached hydrogens (tertiary/aromatic N) is 1. The van der Waals surface area contributed by atoms with Crippen LogP contribution in [0.3, 0.4) is 0 Å². The van der Waals surface area contributed by atoms with Crippen LogP contribution in [0.5, 0.6) is 0 Å². The Morgan fingerprint density at radius 3 is 2.33 bits per heavy atom. The first-order valence-corrected chi connectivity index (χ1v) is 9.17. The first kappa shape index (κ1) is 16.5. The monoisotopic (exact) mass is 288 g/mol. The molecule has 0 spiro atoms. The van der Waals surface area contributed by atoms with Crippen molar-refractivity contribution in [3.63, 3.8) is 0 Å². The third-order valence-electron chi connectivity index (χ3n) is 5.31. The minimum atomic E-state index is 0.923. The molecular formula is C20H34N+. The van der Waals surface area contributed by atoms with E-state index in [0.29, 0.717) is 0 Å². The fraction of sp³-hybridized carbons (Fsp3) is 0.700. The molecule has 1 heteroatoms. The Hall–Kier alpha value is -0.820. The number of hydrogen-bond acceptors (Lipinski definition) is 0. The predicted molar refractivity (Wildman–Crippen MR) is 92.2 cm³/mol. The average molecular weight is 288 g/mol.